The van der Waals surface area contributed by atoms with Crippen molar-refractivity contribution in [2.75, 3.05) is 13.6 Å². The maximum atomic E-state index is 4.60. The van der Waals surface area contributed by atoms with Crippen LogP contribution in [0.4, 0.5) is 0 Å². The molecule has 1 heterocycles. The van der Waals surface area contributed by atoms with Crippen LogP contribution in [0.3, 0.4) is 0 Å². The van der Waals surface area contributed by atoms with E-state index in [4.69, 9.17) is 0 Å². The first-order valence-electron chi connectivity index (χ1n) is 6.48. The fourth-order valence-corrected chi connectivity index (χ4v) is 2.70. The molecule has 0 bridgehead atoms. The standard InChI is InChI=1S/C13H23N3/c1-14-9-8-12-10-13(16(2)15-12)11-6-4-3-5-7-11/h10-11,14H,3-9H2,1-2H3. The molecule has 1 aromatic rings. The first kappa shape index (κ1) is 11.6. The van der Waals surface area contributed by atoms with Crippen molar-refractivity contribution in [1.29, 1.82) is 0 Å². The molecule has 0 atom stereocenters. The highest BCUT2D eigenvalue weighted by molar-refractivity contribution is 5.15. The van der Waals surface area contributed by atoms with E-state index >= 15 is 0 Å². The van der Waals surface area contributed by atoms with Crippen molar-refractivity contribution in [2.24, 2.45) is 7.05 Å². The Bertz CT molecular complexity index is 324. The van der Waals surface area contributed by atoms with E-state index in [1.165, 1.54) is 43.5 Å². The molecule has 1 fully saturated rings. The van der Waals surface area contributed by atoms with Gasteiger partial charge in [0.05, 0.1) is 5.69 Å². The Balaban J connectivity index is 2.04. The minimum Gasteiger partial charge on any atom is -0.319 e. The monoisotopic (exact) mass is 221 g/mol. The number of likely N-dealkylation sites (N-methyl/N-ethyl adjacent to an activating group) is 1. The summed E-state index contributed by atoms with van der Waals surface area (Å²) in [6, 6.07) is 2.31. The zero-order chi connectivity index (χ0) is 11.4. The van der Waals surface area contributed by atoms with E-state index in [2.05, 4.69) is 28.2 Å². The molecule has 1 aliphatic rings. The Morgan fingerprint density at radius 3 is 2.81 bits per heavy atom. The zero-order valence-electron chi connectivity index (χ0n) is 10.5. The van der Waals surface area contributed by atoms with E-state index in [1.807, 2.05) is 7.05 Å². The van der Waals surface area contributed by atoms with Gasteiger partial charge in [0.15, 0.2) is 0 Å². The summed E-state index contributed by atoms with van der Waals surface area (Å²) >= 11 is 0. The third-order valence-corrected chi connectivity index (χ3v) is 3.62. The normalized spacial score (nSPS) is 17.9. The average molecular weight is 221 g/mol. The molecule has 1 N–H and O–H groups in total. The SMILES string of the molecule is CNCCc1cc(C2CCCCC2)n(C)n1. The van der Waals surface area contributed by atoms with Crippen LogP contribution in [0.25, 0.3) is 0 Å². The van der Waals surface area contributed by atoms with Gasteiger partial charge in [-0.3, -0.25) is 4.68 Å². The van der Waals surface area contributed by atoms with E-state index in [9.17, 15) is 0 Å². The van der Waals surface area contributed by atoms with Gasteiger partial charge >= 0.3 is 0 Å². The molecule has 1 aromatic heterocycles. The summed E-state index contributed by atoms with van der Waals surface area (Å²) in [7, 11) is 4.08. The summed E-state index contributed by atoms with van der Waals surface area (Å²) in [6.45, 7) is 1.01. The number of hydrogen-bond donors (Lipinski definition) is 1. The Morgan fingerprint density at radius 2 is 2.12 bits per heavy atom. The molecule has 3 heteroatoms. The van der Waals surface area contributed by atoms with Crippen LogP contribution in [0.2, 0.25) is 0 Å². The first-order chi connectivity index (χ1) is 7.81. The van der Waals surface area contributed by atoms with Gasteiger partial charge in [-0.05, 0) is 26.0 Å². The summed E-state index contributed by atoms with van der Waals surface area (Å²) in [4.78, 5) is 0. The quantitative estimate of drug-likeness (QED) is 0.845. The molecule has 0 radical (unpaired) electrons. The van der Waals surface area contributed by atoms with Crippen molar-refractivity contribution in [1.82, 2.24) is 15.1 Å². The van der Waals surface area contributed by atoms with Crippen LogP contribution in [0, 0.1) is 0 Å². The van der Waals surface area contributed by atoms with E-state index in [0.29, 0.717) is 0 Å². The molecule has 16 heavy (non-hydrogen) atoms. The van der Waals surface area contributed by atoms with Crippen molar-refractivity contribution in [3.05, 3.63) is 17.5 Å². The van der Waals surface area contributed by atoms with Gasteiger partial charge < -0.3 is 5.32 Å². The van der Waals surface area contributed by atoms with Crippen LogP contribution in [0.5, 0.6) is 0 Å². The van der Waals surface area contributed by atoms with Gasteiger partial charge in [-0.25, -0.2) is 0 Å². The van der Waals surface area contributed by atoms with Crippen molar-refractivity contribution in [2.45, 2.75) is 44.4 Å². The molecular formula is C13H23N3. The van der Waals surface area contributed by atoms with Gasteiger partial charge in [-0.2, -0.15) is 5.10 Å². The average Bonchev–Trinajstić information content (AvgIpc) is 2.69. The maximum absolute atomic E-state index is 4.60. The van der Waals surface area contributed by atoms with Gasteiger partial charge in [0.25, 0.3) is 0 Å². The van der Waals surface area contributed by atoms with Crippen LogP contribution in [0.1, 0.15) is 49.4 Å². The second-order valence-electron chi connectivity index (χ2n) is 4.87. The molecule has 1 aliphatic carbocycles. The molecule has 0 aliphatic heterocycles. The predicted molar refractivity (Wildman–Crippen MR) is 66.7 cm³/mol. The Hall–Kier alpha value is -0.830. The van der Waals surface area contributed by atoms with Crippen molar-refractivity contribution in [3.63, 3.8) is 0 Å². The first-order valence-corrected chi connectivity index (χ1v) is 6.48. The third kappa shape index (κ3) is 2.64. The summed E-state index contributed by atoms with van der Waals surface area (Å²) in [5.74, 6) is 0.759. The highest BCUT2D eigenvalue weighted by atomic mass is 15.3. The van der Waals surface area contributed by atoms with Crippen molar-refractivity contribution in [3.8, 4) is 0 Å². The number of nitrogens with one attached hydrogen (secondary N) is 1. The molecule has 0 saturated heterocycles. The molecule has 3 nitrogen and oxygen atoms in total. The van der Waals surface area contributed by atoms with Gasteiger partial charge in [-0.1, -0.05) is 19.3 Å². The van der Waals surface area contributed by atoms with Crippen molar-refractivity contribution < 1.29 is 0 Å². The lowest BCUT2D eigenvalue weighted by molar-refractivity contribution is 0.424. The largest absolute Gasteiger partial charge is 0.319 e. The number of aromatic nitrogens is 2. The van der Waals surface area contributed by atoms with Crippen LogP contribution in [-0.2, 0) is 13.5 Å². The summed E-state index contributed by atoms with van der Waals surface area (Å²) in [5.41, 5.74) is 2.68. The highest BCUT2D eigenvalue weighted by Crippen LogP contribution is 2.32. The minimum absolute atomic E-state index is 0.759. The zero-order valence-corrected chi connectivity index (χ0v) is 10.5. The molecule has 0 amide bonds. The number of nitrogens with zero attached hydrogens (tertiary/aromatic N) is 2. The van der Waals surface area contributed by atoms with Crippen LogP contribution >= 0.6 is 0 Å². The second kappa shape index (κ2) is 5.48. The third-order valence-electron chi connectivity index (χ3n) is 3.62. The molecule has 1 saturated carbocycles. The lowest BCUT2D eigenvalue weighted by Crippen LogP contribution is -2.10. The van der Waals surface area contributed by atoms with E-state index in [0.717, 1.165) is 18.9 Å². The van der Waals surface area contributed by atoms with Crippen LogP contribution in [0.15, 0.2) is 6.07 Å². The highest BCUT2D eigenvalue weighted by Gasteiger charge is 2.19. The van der Waals surface area contributed by atoms with Gasteiger partial charge in [0, 0.05) is 31.6 Å². The van der Waals surface area contributed by atoms with Crippen LogP contribution in [-0.4, -0.2) is 23.4 Å². The Labute approximate surface area is 98.2 Å². The van der Waals surface area contributed by atoms with E-state index in [-0.39, 0.29) is 0 Å². The lowest BCUT2D eigenvalue weighted by atomic mass is 9.87. The fraction of sp³-hybridized carbons (Fsp3) is 0.769. The minimum atomic E-state index is 0.759. The topological polar surface area (TPSA) is 29.9 Å². The smallest absolute Gasteiger partial charge is 0.0640 e. The maximum Gasteiger partial charge on any atom is 0.0640 e. The summed E-state index contributed by atoms with van der Waals surface area (Å²) in [6.07, 6.45) is 7.94. The Kier molecular flexibility index (Phi) is 3.99. The van der Waals surface area contributed by atoms with Gasteiger partial charge in [0.2, 0.25) is 0 Å². The lowest BCUT2D eigenvalue weighted by Gasteiger charge is -2.21. The molecular weight excluding hydrogens is 198 g/mol. The van der Waals surface area contributed by atoms with Crippen molar-refractivity contribution >= 4 is 0 Å². The molecule has 90 valence electrons. The molecule has 0 aromatic carbocycles. The Morgan fingerprint density at radius 1 is 1.38 bits per heavy atom. The fourth-order valence-electron chi connectivity index (χ4n) is 2.70. The summed E-state index contributed by atoms with van der Waals surface area (Å²) in [5, 5.41) is 7.78. The van der Waals surface area contributed by atoms with Gasteiger partial charge in [-0.15, -0.1) is 0 Å². The van der Waals surface area contributed by atoms with E-state index < -0.39 is 0 Å². The second-order valence-corrected chi connectivity index (χ2v) is 4.87. The van der Waals surface area contributed by atoms with Crippen LogP contribution < -0.4 is 5.32 Å². The molecule has 0 unspecified atom stereocenters. The number of rotatable bonds is 4. The molecule has 2 rings (SSSR count). The number of aryl methyl sites for hydroxylation is 1. The van der Waals surface area contributed by atoms with E-state index in [1.54, 1.807) is 0 Å². The predicted octanol–water partition coefficient (Wildman–Crippen LogP) is 2.23. The van der Waals surface area contributed by atoms with Gasteiger partial charge in [0.1, 0.15) is 0 Å². The molecule has 0 spiro atoms. The summed E-state index contributed by atoms with van der Waals surface area (Å²) < 4.78 is 2.10. The number of hydrogen-bond acceptors (Lipinski definition) is 2.